The monoisotopic (exact) mass is 353 g/mol. The summed E-state index contributed by atoms with van der Waals surface area (Å²) in [5.74, 6) is -2.96. The standard InChI is InChI=1S/C12H14BrF2NO2S/c1-18-11(17)10-8(6-9(13)19-10)16-7-2-4-12(14,15)5-3-7/h6-7,16H,2-5H2,1H3. The minimum atomic E-state index is -2.54. The molecule has 1 fully saturated rings. The van der Waals surface area contributed by atoms with Crippen molar-refractivity contribution in [2.45, 2.75) is 37.6 Å². The van der Waals surface area contributed by atoms with Crippen molar-refractivity contribution in [1.82, 2.24) is 0 Å². The molecule has 0 aliphatic heterocycles. The first-order valence-electron chi connectivity index (χ1n) is 5.93. The summed E-state index contributed by atoms with van der Waals surface area (Å²) in [6, 6.07) is 1.76. The van der Waals surface area contributed by atoms with Crippen LogP contribution >= 0.6 is 27.3 Å². The molecule has 0 saturated heterocycles. The first-order valence-corrected chi connectivity index (χ1v) is 7.54. The number of halogens is 3. The predicted octanol–water partition coefficient (Wildman–Crippen LogP) is 4.29. The highest BCUT2D eigenvalue weighted by Crippen LogP contribution is 2.37. The molecule has 0 unspecified atom stereocenters. The molecule has 7 heteroatoms. The Balaban J connectivity index is 2.05. The van der Waals surface area contributed by atoms with Crippen LogP contribution < -0.4 is 5.32 Å². The average Bonchev–Trinajstić information content (AvgIpc) is 2.72. The summed E-state index contributed by atoms with van der Waals surface area (Å²) in [6.45, 7) is 0. The molecule has 0 aromatic carbocycles. The zero-order valence-corrected chi connectivity index (χ0v) is 12.7. The van der Waals surface area contributed by atoms with Gasteiger partial charge < -0.3 is 10.1 Å². The van der Waals surface area contributed by atoms with Crippen molar-refractivity contribution in [3.63, 3.8) is 0 Å². The number of alkyl halides is 2. The van der Waals surface area contributed by atoms with Gasteiger partial charge in [0.1, 0.15) is 4.88 Å². The maximum absolute atomic E-state index is 13.1. The van der Waals surface area contributed by atoms with Crippen molar-refractivity contribution in [2.75, 3.05) is 12.4 Å². The molecule has 1 saturated carbocycles. The van der Waals surface area contributed by atoms with Gasteiger partial charge in [0.05, 0.1) is 16.6 Å². The van der Waals surface area contributed by atoms with Crippen LogP contribution in [0.25, 0.3) is 0 Å². The lowest BCUT2D eigenvalue weighted by Crippen LogP contribution is -2.32. The molecular formula is C12H14BrF2NO2S. The molecule has 19 heavy (non-hydrogen) atoms. The van der Waals surface area contributed by atoms with Gasteiger partial charge >= 0.3 is 5.97 Å². The van der Waals surface area contributed by atoms with E-state index >= 15 is 0 Å². The Morgan fingerprint density at radius 2 is 2.16 bits per heavy atom. The summed E-state index contributed by atoms with van der Waals surface area (Å²) in [6.07, 6.45) is 0.592. The molecule has 3 nitrogen and oxygen atoms in total. The average molecular weight is 354 g/mol. The van der Waals surface area contributed by atoms with Gasteiger partial charge in [-0.15, -0.1) is 11.3 Å². The first kappa shape index (κ1) is 14.7. The largest absolute Gasteiger partial charge is 0.465 e. The summed E-state index contributed by atoms with van der Waals surface area (Å²) in [5, 5.41) is 3.17. The molecule has 1 aliphatic rings. The van der Waals surface area contributed by atoms with E-state index in [4.69, 9.17) is 4.74 Å². The maximum Gasteiger partial charge on any atom is 0.350 e. The number of hydrogen-bond donors (Lipinski definition) is 1. The molecule has 106 valence electrons. The highest BCUT2D eigenvalue weighted by molar-refractivity contribution is 9.11. The third-order valence-electron chi connectivity index (χ3n) is 3.15. The van der Waals surface area contributed by atoms with Gasteiger partial charge in [-0.25, -0.2) is 13.6 Å². The Hall–Kier alpha value is -0.690. The van der Waals surface area contributed by atoms with Gasteiger partial charge in [-0.3, -0.25) is 0 Å². The Kier molecular flexibility index (Phi) is 4.45. The number of carbonyl (C=O) groups is 1. The maximum atomic E-state index is 13.1. The van der Waals surface area contributed by atoms with Gasteiger partial charge in [0.25, 0.3) is 0 Å². The zero-order chi connectivity index (χ0) is 14.0. The number of thiophene rings is 1. The van der Waals surface area contributed by atoms with Crippen LogP contribution in [-0.4, -0.2) is 25.0 Å². The minimum absolute atomic E-state index is 0.0236. The van der Waals surface area contributed by atoms with Crippen molar-refractivity contribution < 1.29 is 18.3 Å². The number of nitrogens with one attached hydrogen (secondary N) is 1. The van der Waals surface area contributed by atoms with E-state index in [1.165, 1.54) is 18.4 Å². The summed E-state index contributed by atoms with van der Waals surface area (Å²) < 4.78 is 31.7. The lowest BCUT2D eigenvalue weighted by atomic mass is 9.92. The molecule has 1 N–H and O–H groups in total. The Morgan fingerprint density at radius 3 is 2.74 bits per heavy atom. The van der Waals surface area contributed by atoms with Crippen molar-refractivity contribution in [3.8, 4) is 0 Å². The highest BCUT2D eigenvalue weighted by Gasteiger charge is 2.35. The Bertz CT molecular complexity index is 468. The summed E-state index contributed by atoms with van der Waals surface area (Å²) >= 11 is 4.58. The minimum Gasteiger partial charge on any atom is -0.465 e. The van der Waals surface area contributed by atoms with Gasteiger partial charge in [-0.1, -0.05) is 0 Å². The molecule has 0 atom stereocenters. The van der Waals surface area contributed by atoms with Gasteiger partial charge in [-0.2, -0.15) is 0 Å². The van der Waals surface area contributed by atoms with Crippen LogP contribution in [0.3, 0.4) is 0 Å². The van der Waals surface area contributed by atoms with Gasteiger partial charge in [0.15, 0.2) is 0 Å². The van der Waals surface area contributed by atoms with Crippen molar-refractivity contribution in [2.24, 2.45) is 0 Å². The molecular weight excluding hydrogens is 340 g/mol. The second-order valence-corrected chi connectivity index (χ2v) is 6.99. The van der Waals surface area contributed by atoms with Gasteiger partial charge in [0.2, 0.25) is 5.92 Å². The van der Waals surface area contributed by atoms with Crippen LogP contribution in [0, 0.1) is 0 Å². The summed E-state index contributed by atoms with van der Waals surface area (Å²) in [5.41, 5.74) is 0.652. The highest BCUT2D eigenvalue weighted by atomic mass is 79.9. The van der Waals surface area contributed by atoms with Gasteiger partial charge in [-0.05, 0) is 34.8 Å². The second kappa shape index (κ2) is 5.75. The molecule has 0 radical (unpaired) electrons. The molecule has 0 amide bonds. The smallest absolute Gasteiger partial charge is 0.350 e. The SMILES string of the molecule is COC(=O)c1sc(Br)cc1NC1CCC(F)(F)CC1. The molecule has 1 aliphatic carbocycles. The number of anilines is 1. The van der Waals surface area contributed by atoms with Crippen LogP contribution in [0.2, 0.25) is 0 Å². The number of esters is 1. The number of ether oxygens (including phenoxy) is 1. The van der Waals surface area contributed by atoms with E-state index in [1.54, 1.807) is 6.07 Å². The van der Waals surface area contributed by atoms with Crippen molar-refractivity contribution in [3.05, 3.63) is 14.7 Å². The quantitative estimate of drug-likeness (QED) is 0.823. The molecule has 1 aromatic heterocycles. The fourth-order valence-electron chi connectivity index (χ4n) is 2.12. The van der Waals surface area contributed by atoms with Gasteiger partial charge in [0, 0.05) is 18.9 Å². The third kappa shape index (κ3) is 3.66. The fourth-order valence-corrected chi connectivity index (χ4v) is 3.60. The molecule has 2 rings (SSSR count). The van der Waals surface area contributed by atoms with Crippen LogP contribution in [0.4, 0.5) is 14.5 Å². The van der Waals surface area contributed by atoms with E-state index in [1.807, 2.05) is 0 Å². The molecule has 1 heterocycles. The van der Waals surface area contributed by atoms with E-state index in [2.05, 4.69) is 21.2 Å². The van der Waals surface area contributed by atoms with E-state index in [0.29, 0.717) is 23.4 Å². The van der Waals surface area contributed by atoms with E-state index in [-0.39, 0.29) is 18.9 Å². The number of carbonyl (C=O) groups excluding carboxylic acids is 1. The topological polar surface area (TPSA) is 38.3 Å². The van der Waals surface area contributed by atoms with Crippen LogP contribution in [0.5, 0.6) is 0 Å². The zero-order valence-electron chi connectivity index (χ0n) is 10.3. The third-order valence-corrected chi connectivity index (χ3v) is 4.77. The van der Waals surface area contributed by atoms with Crippen LogP contribution in [0.15, 0.2) is 9.85 Å². The normalized spacial score (nSPS) is 19.2. The predicted molar refractivity (Wildman–Crippen MR) is 74.2 cm³/mol. The lowest BCUT2D eigenvalue weighted by molar-refractivity contribution is -0.0361. The molecule has 0 bridgehead atoms. The number of methoxy groups -OCH3 is 1. The molecule has 1 aromatic rings. The first-order chi connectivity index (χ1) is 8.91. The summed E-state index contributed by atoms with van der Waals surface area (Å²) in [4.78, 5) is 12.1. The fraction of sp³-hybridized carbons (Fsp3) is 0.583. The number of rotatable bonds is 3. The lowest BCUT2D eigenvalue weighted by Gasteiger charge is -2.29. The van der Waals surface area contributed by atoms with Crippen LogP contribution in [-0.2, 0) is 4.74 Å². The van der Waals surface area contributed by atoms with Crippen LogP contribution in [0.1, 0.15) is 35.4 Å². The van der Waals surface area contributed by atoms with E-state index in [9.17, 15) is 13.6 Å². The van der Waals surface area contributed by atoms with E-state index in [0.717, 1.165) is 3.79 Å². The Morgan fingerprint density at radius 1 is 1.53 bits per heavy atom. The molecule has 0 spiro atoms. The number of hydrogen-bond acceptors (Lipinski definition) is 4. The second-order valence-electron chi connectivity index (χ2n) is 4.56. The van der Waals surface area contributed by atoms with Crippen molar-refractivity contribution >= 4 is 38.9 Å². The Labute approximate surface area is 122 Å². The van der Waals surface area contributed by atoms with E-state index < -0.39 is 11.9 Å². The van der Waals surface area contributed by atoms with Crippen molar-refractivity contribution in [1.29, 1.82) is 0 Å². The summed E-state index contributed by atoms with van der Waals surface area (Å²) in [7, 11) is 1.32.